The third-order valence-corrected chi connectivity index (χ3v) is 7.01. The van der Waals surface area contributed by atoms with E-state index in [4.69, 9.17) is 4.74 Å². The minimum atomic E-state index is -0.257. The predicted molar refractivity (Wildman–Crippen MR) is 100 cm³/mol. The van der Waals surface area contributed by atoms with Gasteiger partial charge < -0.3 is 4.74 Å². The van der Waals surface area contributed by atoms with E-state index < -0.39 is 0 Å². The molecule has 0 atom stereocenters. The summed E-state index contributed by atoms with van der Waals surface area (Å²) in [5, 5.41) is 0. The Bertz CT molecular complexity index is 734. The SMILES string of the molecule is CCSC1(SCC)c2ccccc2-c2cccc(C(=O)OC)c21. The van der Waals surface area contributed by atoms with Crippen molar-refractivity contribution >= 4 is 29.5 Å². The van der Waals surface area contributed by atoms with Gasteiger partial charge in [0.05, 0.1) is 12.7 Å². The summed E-state index contributed by atoms with van der Waals surface area (Å²) in [6.07, 6.45) is 0. The highest BCUT2D eigenvalue weighted by Crippen LogP contribution is 2.61. The number of hydrogen-bond donors (Lipinski definition) is 0. The van der Waals surface area contributed by atoms with Crippen molar-refractivity contribution in [1.82, 2.24) is 0 Å². The van der Waals surface area contributed by atoms with Gasteiger partial charge >= 0.3 is 5.97 Å². The first-order chi connectivity index (χ1) is 11.2. The molecule has 0 heterocycles. The predicted octanol–water partition coefficient (Wildman–Crippen LogP) is 5.16. The quantitative estimate of drug-likeness (QED) is 0.553. The van der Waals surface area contributed by atoms with Gasteiger partial charge in [-0.3, -0.25) is 0 Å². The van der Waals surface area contributed by atoms with Gasteiger partial charge in [0, 0.05) is 5.56 Å². The maximum atomic E-state index is 12.4. The van der Waals surface area contributed by atoms with Crippen LogP contribution in [-0.4, -0.2) is 24.6 Å². The van der Waals surface area contributed by atoms with Crippen molar-refractivity contribution in [3.8, 4) is 11.1 Å². The summed E-state index contributed by atoms with van der Waals surface area (Å²) in [4.78, 5) is 12.4. The van der Waals surface area contributed by atoms with Crippen LogP contribution in [0.15, 0.2) is 42.5 Å². The van der Waals surface area contributed by atoms with E-state index in [9.17, 15) is 4.79 Å². The Morgan fingerprint density at radius 3 is 2.30 bits per heavy atom. The largest absolute Gasteiger partial charge is 0.465 e. The zero-order valence-electron chi connectivity index (χ0n) is 13.6. The Labute approximate surface area is 146 Å². The van der Waals surface area contributed by atoms with E-state index in [1.54, 1.807) is 0 Å². The Kier molecular flexibility index (Phi) is 4.74. The molecule has 0 fully saturated rings. The number of carbonyl (C=O) groups excluding carboxylic acids is 1. The first-order valence-electron chi connectivity index (χ1n) is 7.79. The van der Waals surface area contributed by atoms with Gasteiger partial charge in [-0.2, -0.15) is 0 Å². The number of ether oxygens (including phenoxy) is 1. The number of fused-ring (bicyclic) bond motifs is 3. The summed E-state index contributed by atoms with van der Waals surface area (Å²) < 4.78 is 4.82. The van der Waals surface area contributed by atoms with Crippen molar-refractivity contribution < 1.29 is 9.53 Å². The number of esters is 1. The van der Waals surface area contributed by atoms with Crippen LogP contribution < -0.4 is 0 Å². The van der Waals surface area contributed by atoms with Crippen LogP contribution in [0.4, 0.5) is 0 Å². The van der Waals surface area contributed by atoms with Crippen LogP contribution in [0.3, 0.4) is 0 Å². The van der Waals surface area contributed by atoms with Crippen molar-refractivity contribution in [2.75, 3.05) is 18.6 Å². The van der Waals surface area contributed by atoms with Gasteiger partial charge in [-0.15, -0.1) is 23.5 Å². The monoisotopic (exact) mass is 344 g/mol. The molecule has 120 valence electrons. The highest BCUT2D eigenvalue weighted by molar-refractivity contribution is 8.17. The van der Waals surface area contributed by atoms with Gasteiger partial charge in [-0.1, -0.05) is 50.2 Å². The van der Waals surface area contributed by atoms with Gasteiger partial charge in [0.15, 0.2) is 0 Å². The Morgan fingerprint density at radius 2 is 1.65 bits per heavy atom. The fraction of sp³-hybridized carbons (Fsp3) is 0.316. The lowest BCUT2D eigenvalue weighted by Gasteiger charge is -2.31. The van der Waals surface area contributed by atoms with Crippen LogP contribution in [0.1, 0.15) is 35.3 Å². The van der Waals surface area contributed by atoms with E-state index in [1.807, 2.05) is 35.7 Å². The normalized spacial score (nSPS) is 14.2. The molecule has 4 heteroatoms. The number of benzene rings is 2. The Morgan fingerprint density at radius 1 is 1.00 bits per heavy atom. The molecule has 0 saturated carbocycles. The molecule has 2 aromatic carbocycles. The van der Waals surface area contributed by atoms with Gasteiger partial charge in [-0.25, -0.2) is 4.79 Å². The standard InChI is InChI=1S/C19H20O2S2/c1-4-22-19(23-5-2)16-12-7-6-9-13(16)14-10-8-11-15(17(14)19)18(20)21-3/h6-12H,4-5H2,1-3H3. The van der Waals surface area contributed by atoms with Crippen molar-refractivity contribution in [3.05, 3.63) is 59.2 Å². The molecule has 1 aliphatic carbocycles. The fourth-order valence-corrected chi connectivity index (χ4v) is 6.55. The lowest BCUT2D eigenvalue weighted by molar-refractivity contribution is 0.0599. The highest BCUT2D eigenvalue weighted by Gasteiger charge is 2.46. The summed E-state index contributed by atoms with van der Waals surface area (Å²) in [5.74, 6) is 1.71. The zero-order chi connectivity index (χ0) is 16.4. The molecule has 0 aromatic heterocycles. The minimum Gasteiger partial charge on any atom is -0.465 e. The molecule has 0 N–H and O–H groups in total. The minimum absolute atomic E-state index is 0.236. The van der Waals surface area contributed by atoms with Gasteiger partial charge in [0.1, 0.15) is 4.08 Å². The van der Waals surface area contributed by atoms with Crippen molar-refractivity contribution in [2.24, 2.45) is 0 Å². The van der Waals surface area contributed by atoms with Crippen molar-refractivity contribution in [1.29, 1.82) is 0 Å². The maximum absolute atomic E-state index is 12.4. The molecule has 0 bridgehead atoms. The average molecular weight is 345 g/mol. The number of thioether (sulfide) groups is 2. The summed E-state index contributed by atoms with van der Waals surface area (Å²) in [7, 11) is 1.45. The fourth-order valence-electron chi connectivity index (χ4n) is 3.30. The van der Waals surface area contributed by atoms with Crippen LogP contribution >= 0.6 is 23.5 Å². The molecule has 3 rings (SSSR count). The number of carbonyl (C=O) groups is 1. The first-order valence-corrected chi connectivity index (χ1v) is 9.76. The van der Waals surface area contributed by atoms with E-state index in [0.29, 0.717) is 5.56 Å². The lowest BCUT2D eigenvalue weighted by atomic mass is 10.0. The Balaban J connectivity index is 2.35. The number of methoxy groups -OCH3 is 1. The molecule has 2 aromatic rings. The molecule has 0 radical (unpaired) electrons. The third-order valence-electron chi connectivity index (χ3n) is 4.07. The molecular formula is C19H20O2S2. The van der Waals surface area contributed by atoms with Crippen LogP contribution in [0.2, 0.25) is 0 Å². The molecule has 2 nitrogen and oxygen atoms in total. The molecule has 0 saturated heterocycles. The number of hydrogen-bond acceptors (Lipinski definition) is 4. The van der Waals surface area contributed by atoms with Crippen LogP contribution in [-0.2, 0) is 8.82 Å². The number of rotatable bonds is 5. The second-order valence-corrected chi connectivity index (χ2v) is 8.46. The topological polar surface area (TPSA) is 26.3 Å². The molecule has 0 unspecified atom stereocenters. The second kappa shape index (κ2) is 6.62. The van der Waals surface area contributed by atoms with Crippen LogP contribution in [0.5, 0.6) is 0 Å². The van der Waals surface area contributed by atoms with Crippen LogP contribution in [0, 0.1) is 0 Å². The van der Waals surface area contributed by atoms with Gasteiger partial charge in [0.25, 0.3) is 0 Å². The van der Waals surface area contributed by atoms with Crippen molar-refractivity contribution in [2.45, 2.75) is 17.9 Å². The van der Waals surface area contributed by atoms with Gasteiger partial charge in [0.2, 0.25) is 0 Å². The molecule has 1 aliphatic rings. The zero-order valence-corrected chi connectivity index (χ0v) is 15.2. The summed E-state index contributed by atoms with van der Waals surface area (Å²) in [5.41, 5.74) is 5.47. The maximum Gasteiger partial charge on any atom is 0.338 e. The summed E-state index contributed by atoms with van der Waals surface area (Å²) in [6, 6.07) is 14.5. The average Bonchev–Trinajstić information content (AvgIpc) is 2.86. The van der Waals surface area contributed by atoms with E-state index in [-0.39, 0.29) is 10.0 Å². The van der Waals surface area contributed by atoms with Crippen molar-refractivity contribution in [3.63, 3.8) is 0 Å². The molecule has 0 spiro atoms. The smallest absolute Gasteiger partial charge is 0.338 e. The third kappa shape index (κ3) is 2.48. The highest BCUT2D eigenvalue weighted by atomic mass is 32.2. The summed E-state index contributed by atoms with van der Waals surface area (Å²) in [6.45, 7) is 4.34. The molecule has 23 heavy (non-hydrogen) atoms. The van der Waals surface area contributed by atoms with Crippen LogP contribution in [0.25, 0.3) is 11.1 Å². The van der Waals surface area contributed by atoms with Gasteiger partial charge in [-0.05, 0) is 34.3 Å². The van der Waals surface area contributed by atoms with E-state index >= 15 is 0 Å². The molecular weight excluding hydrogens is 324 g/mol. The summed E-state index contributed by atoms with van der Waals surface area (Å²) >= 11 is 3.79. The lowest BCUT2D eigenvalue weighted by Crippen LogP contribution is -2.21. The van der Waals surface area contributed by atoms with E-state index in [1.165, 1.54) is 18.2 Å². The van der Waals surface area contributed by atoms with E-state index in [2.05, 4.69) is 44.2 Å². The first kappa shape index (κ1) is 16.5. The van der Waals surface area contributed by atoms with E-state index in [0.717, 1.165) is 22.6 Å². The molecule has 0 amide bonds. The molecule has 0 aliphatic heterocycles. The second-order valence-electron chi connectivity index (χ2n) is 5.25. The Hall–Kier alpha value is -1.39.